The maximum absolute atomic E-state index is 5.82. The lowest BCUT2D eigenvalue weighted by Crippen LogP contribution is -2.12. The molecule has 1 aromatic heterocycles. The molecule has 100 valence electrons. The zero-order valence-corrected chi connectivity index (χ0v) is 12.1. The molecule has 0 amide bonds. The smallest absolute Gasteiger partial charge is 0.183 e. The van der Waals surface area contributed by atoms with E-state index in [-0.39, 0.29) is 0 Å². The van der Waals surface area contributed by atoms with Crippen molar-refractivity contribution in [2.24, 2.45) is 0 Å². The van der Waals surface area contributed by atoms with Gasteiger partial charge in [0.05, 0.1) is 6.54 Å². The highest BCUT2D eigenvalue weighted by atomic mass is 35.5. The maximum atomic E-state index is 5.82. The van der Waals surface area contributed by atoms with Gasteiger partial charge in [-0.15, -0.1) is 11.3 Å². The Bertz CT molecular complexity index is 549. The van der Waals surface area contributed by atoms with Crippen molar-refractivity contribution in [2.45, 2.75) is 25.4 Å². The minimum Gasteiger partial charge on any atom is -0.380 e. The molecule has 0 aliphatic carbocycles. The highest BCUT2D eigenvalue weighted by molar-refractivity contribution is 7.15. The fourth-order valence-corrected chi connectivity index (χ4v) is 3.31. The number of hydrogen-bond acceptors (Lipinski definition) is 4. The van der Waals surface area contributed by atoms with Gasteiger partial charge in [0, 0.05) is 22.8 Å². The first-order chi connectivity index (χ1) is 9.31. The fraction of sp³-hybridized carbons (Fsp3) is 0.357. The molecule has 3 rings (SSSR count). The third-order valence-electron chi connectivity index (χ3n) is 3.34. The predicted octanol–water partition coefficient (Wildman–Crippen LogP) is 3.83. The molecule has 0 spiro atoms. The van der Waals surface area contributed by atoms with Crippen LogP contribution in [0.2, 0.25) is 4.47 Å². The summed E-state index contributed by atoms with van der Waals surface area (Å²) in [6, 6.07) is 9.14. The Morgan fingerprint density at radius 1 is 1.47 bits per heavy atom. The second-order valence-corrected chi connectivity index (χ2v) is 6.40. The number of aromatic nitrogens is 1. The summed E-state index contributed by atoms with van der Waals surface area (Å²) in [5, 5.41) is 6.95. The molecule has 1 atom stereocenters. The third-order valence-corrected chi connectivity index (χ3v) is 4.46. The molecular weight excluding hydrogens is 278 g/mol. The van der Waals surface area contributed by atoms with Gasteiger partial charge < -0.3 is 10.6 Å². The molecule has 5 heteroatoms. The lowest BCUT2D eigenvalue weighted by molar-refractivity contribution is 0.648. The van der Waals surface area contributed by atoms with Gasteiger partial charge in [-0.05, 0) is 37.1 Å². The molecule has 2 N–H and O–H groups in total. The minimum absolute atomic E-state index is 0.514. The number of halogens is 1. The standard InChI is InChI=1S/C14H16ClN3S/c15-14-18-9-12(19-14)8-17-11-4-1-3-10(7-11)13-5-2-6-16-13/h1,3-4,7,9,13,16-17H,2,5-6,8H2. The van der Waals surface area contributed by atoms with Crippen LogP contribution in [0.3, 0.4) is 0 Å². The van der Waals surface area contributed by atoms with Gasteiger partial charge in [0.2, 0.25) is 0 Å². The summed E-state index contributed by atoms with van der Waals surface area (Å²) in [7, 11) is 0. The van der Waals surface area contributed by atoms with Crippen LogP contribution < -0.4 is 10.6 Å². The lowest BCUT2D eigenvalue weighted by atomic mass is 10.0. The van der Waals surface area contributed by atoms with Crippen LogP contribution >= 0.6 is 22.9 Å². The highest BCUT2D eigenvalue weighted by Gasteiger charge is 2.15. The van der Waals surface area contributed by atoms with Crippen molar-refractivity contribution in [3.63, 3.8) is 0 Å². The monoisotopic (exact) mass is 293 g/mol. The molecule has 2 heterocycles. The van der Waals surface area contributed by atoms with Gasteiger partial charge in [0.1, 0.15) is 0 Å². The summed E-state index contributed by atoms with van der Waals surface area (Å²) in [6.07, 6.45) is 4.32. The Kier molecular flexibility index (Phi) is 4.01. The predicted molar refractivity (Wildman–Crippen MR) is 80.9 cm³/mol. The Morgan fingerprint density at radius 3 is 3.16 bits per heavy atom. The summed E-state index contributed by atoms with van der Waals surface area (Å²) in [6.45, 7) is 1.90. The van der Waals surface area contributed by atoms with Crippen LogP contribution in [0.15, 0.2) is 30.5 Å². The highest BCUT2D eigenvalue weighted by Crippen LogP contribution is 2.25. The first kappa shape index (κ1) is 12.9. The Hall–Kier alpha value is -1.10. The Labute approximate surface area is 122 Å². The van der Waals surface area contributed by atoms with Crippen LogP contribution in [-0.2, 0) is 6.54 Å². The Balaban J connectivity index is 1.65. The van der Waals surface area contributed by atoms with Crippen molar-refractivity contribution in [3.05, 3.63) is 45.4 Å². The van der Waals surface area contributed by atoms with E-state index in [1.54, 1.807) is 0 Å². The Morgan fingerprint density at radius 2 is 2.42 bits per heavy atom. The van der Waals surface area contributed by atoms with Crippen LogP contribution in [0.1, 0.15) is 29.3 Å². The molecule has 1 aliphatic heterocycles. The van der Waals surface area contributed by atoms with Gasteiger partial charge >= 0.3 is 0 Å². The molecule has 0 bridgehead atoms. The molecule has 1 aliphatic rings. The minimum atomic E-state index is 0.514. The lowest BCUT2D eigenvalue weighted by Gasteiger charge is -2.12. The first-order valence-corrected chi connectivity index (χ1v) is 7.68. The van der Waals surface area contributed by atoms with Crippen molar-refractivity contribution in [2.75, 3.05) is 11.9 Å². The van der Waals surface area contributed by atoms with Crippen molar-refractivity contribution in [3.8, 4) is 0 Å². The molecule has 19 heavy (non-hydrogen) atoms. The van der Waals surface area contributed by atoms with Crippen molar-refractivity contribution < 1.29 is 0 Å². The molecule has 1 fully saturated rings. The van der Waals surface area contributed by atoms with Crippen LogP contribution in [0.5, 0.6) is 0 Å². The summed E-state index contributed by atoms with van der Waals surface area (Å²) in [4.78, 5) is 5.19. The molecule has 0 radical (unpaired) electrons. The van der Waals surface area contributed by atoms with E-state index in [0.717, 1.165) is 23.7 Å². The van der Waals surface area contributed by atoms with Crippen molar-refractivity contribution >= 4 is 28.6 Å². The van der Waals surface area contributed by atoms with Crippen LogP contribution in [0.25, 0.3) is 0 Å². The average molecular weight is 294 g/mol. The summed E-state index contributed by atoms with van der Waals surface area (Å²) in [5.41, 5.74) is 2.51. The van der Waals surface area contributed by atoms with Crippen molar-refractivity contribution in [1.82, 2.24) is 10.3 Å². The first-order valence-electron chi connectivity index (χ1n) is 6.49. The van der Waals surface area contributed by atoms with Gasteiger partial charge in [-0.2, -0.15) is 0 Å². The second kappa shape index (κ2) is 5.90. The van der Waals surface area contributed by atoms with Gasteiger partial charge in [-0.1, -0.05) is 23.7 Å². The van der Waals surface area contributed by atoms with E-state index in [0.29, 0.717) is 10.5 Å². The van der Waals surface area contributed by atoms with Crippen LogP contribution in [-0.4, -0.2) is 11.5 Å². The maximum Gasteiger partial charge on any atom is 0.183 e. The van der Waals surface area contributed by atoms with E-state index < -0.39 is 0 Å². The van der Waals surface area contributed by atoms with Gasteiger partial charge in [0.15, 0.2) is 4.47 Å². The number of anilines is 1. The SMILES string of the molecule is Clc1ncc(CNc2cccc(C3CCCN3)c2)s1. The molecule has 1 saturated heterocycles. The zero-order valence-electron chi connectivity index (χ0n) is 10.5. The molecule has 2 aromatic rings. The average Bonchev–Trinajstić information content (AvgIpc) is 3.08. The molecule has 0 saturated carbocycles. The van der Waals surface area contributed by atoms with Crippen LogP contribution in [0, 0.1) is 0 Å². The van der Waals surface area contributed by atoms with E-state index in [2.05, 4.69) is 39.9 Å². The topological polar surface area (TPSA) is 37.0 Å². The molecule has 3 nitrogen and oxygen atoms in total. The van der Waals surface area contributed by atoms with E-state index in [1.165, 1.54) is 29.7 Å². The molecule has 1 unspecified atom stereocenters. The summed E-state index contributed by atoms with van der Waals surface area (Å²) in [5.74, 6) is 0. The van der Waals surface area contributed by atoms with Gasteiger partial charge in [-0.25, -0.2) is 4.98 Å². The van der Waals surface area contributed by atoms with E-state index in [9.17, 15) is 0 Å². The third kappa shape index (κ3) is 3.26. The second-order valence-electron chi connectivity index (χ2n) is 4.71. The van der Waals surface area contributed by atoms with E-state index >= 15 is 0 Å². The molecule has 1 aromatic carbocycles. The number of hydrogen-bond donors (Lipinski definition) is 2. The van der Waals surface area contributed by atoms with E-state index in [4.69, 9.17) is 11.6 Å². The molecular formula is C14H16ClN3S. The number of nitrogens with zero attached hydrogens (tertiary/aromatic N) is 1. The zero-order chi connectivity index (χ0) is 13.1. The summed E-state index contributed by atoms with van der Waals surface area (Å²) < 4.78 is 0.598. The number of nitrogens with one attached hydrogen (secondary N) is 2. The largest absolute Gasteiger partial charge is 0.380 e. The number of benzene rings is 1. The van der Waals surface area contributed by atoms with Gasteiger partial charge in [-0.3, -0.25) is 0 Å². The van der Waals surface area contributed by atoms with Gasteiger partial charge in [0.25, 0.3) is 0 Å². The van der Waals surface area contributed by atoms with E-state index in [1.807, 2.05) is 6.20 Å². The summed E-state index contributed by atoms with van der Waals surface area (Å²) >= 11 is 7.34. The number of thiazole rings is 1. The van der Waals surface area contributed by atoms with Crippen LogP contribution in [0.4, 0.5) is 5.69 Å². The fourth-order valence-electron chi connectivity index (χ4n) is 2.39. The quantitative estimate of drug-likeness (QED) is 0.899. The van der Waals surface area contributed by atoms with Crippen molar-refractivity contribution in [1.29, 1.82) is 0 Å². The number of rotatable bonds is 4. The normalized spacial score (nSPS) is 18.7.